The van der Waals surface area contributed by atoms with Gasteiger partial charge >= 0.3 is 0 Å². The average molecular weight is 457 g/mol. The summed E-state index contributed by atoms with van der Waals surface area (Å²) in [5.74, 6) is 0.733. The molecule has 5 N–H and O–H groups in total. The number of carbonyl (C=O) groups excluding carboxylic acids is 2. The summed E-state index contributed by atoms with van der Waals surface area (Å²) in [4.78, 5) is 32.9. The van der Waals surface area contributed by atoms with Crippen molar-refractivity contribution in [2.45, 2.75) is 19.4 Å². The molecule has 0 radical (unpaired) electrons. The molecule has 0 spiro atoms. The molecule has 34 heavy (non-hydrogen) atoms. The van der Waals surface area contributed by atoms with E-state index >= 15 is 0 Å². The lowest BCUT2D eigenvalue weighted by Crippen LogP contribution is -2.32. The second-order valence-electron chi connectivity index (χ2n) is 7.64. The van der Waals surface area contributed by atoms with Gasteiger partial charge in [-0.1, -0.05) is 30.3 Å². The third-order valence-electron chi connectivity index (χ3n) is 4.83. The Kier molecular flexibility index (Phi) is 6.83. The molecule has 0 bridgehead atoms. The van der Waals surface area contributed by atoms with Crippen LogP contribution in [0.3, 0.4) is 0 Å². The molecule has 1 heterocycles. The number of nitrogens with one attached hydrogen (secondary N) is 3. The van der Waals surface area contributed by atoms with Gasteiger partial charge in [0.05, 0.1) is 6.42 Å². The average Bonchev–Trinajstić information content (AvgIpc) is 3.13. The normalized spacial score (nSPS) is 15.3. The van der Waals surface area contributed by atoms with Crippen molar-refractivity contribution < 1.29 is 14.3 Å². The van der Waals surface area contributed by atoms with Gasteiger partial charge in [-0.3, -0.25) is 14.9 Å². The van der Waals surface area contributed by atoms with E-state index in [1.807, 2.05) is 61.5 Å². The van der Waals surface area contributed by atoms with Gasteiger partial charge < -0.3 is 21.1 Å². The van der Waals surface area contributed by atoms with Crippen LogP contribution < -0.4 is 26.4 Å². The summed E-state index contributed by atoms with van der Waals surface area (Å²) in [5.41, 5.74) is 8.32. The molecule has 4 rings (SSSR count). The van der Waals surface area contributed by atoms with Crippen LogP contribution in [0.4, 0.5) is 11.4 Å². The van der Waals surface area contributed by atoms with Crippen molar-refractivity contribution >= 4 is 35.1 Å². The third kappa shape index (κ3) is 6.19. The summed E-state index contributed by atoms with van der Waals surface area (Å²) >= 11 is 0. The van der Waals surface area contributed by atoms with Gasteiger partial charge in [0, 0.05) is 11.4 Å². The minimum atomic E-state index is -0.883. The Morgan fingerprint density at radius 1 is 1.00 bits per heavy atom. The van der Waals surface area contributed by atoms with Crippen molar-refractivity contribution in [3.63, 3.8) is 0 Å². The second-order valence-corrected chi connectivity index (χ2v) is 7.64. The molecule has 1 aliphatic rings. The highest BCUT2D eigenvalue weighted by Crippen LogP contribution is 2.23. The number of aliphatic imine (C=N–C) groups is 2. The van der Waals surface area contributed by atoms with E-state index in [1.165, 1.54) is 0 Å². The summed E-state index contributed by atoms with van der Waals surface area (Å²) in [6.45, 7) is 1.96. The van der Waals surface area contributed by atoms with E-state index in [4.69, 9.17) is 10.5 Å². The SMILES string of the molecule is Cc1cccc(N/C(N)=N/C2=NC(CC(=O)Nc3ccc(Oc4ccccc4)cc3)C(=O)N2)c1. The first-order chi connectivity index (χ1) is 16.4. The lowest BCUT2D eigenvalue weighted by atomic mass is 10.2. The summed E-state index contributed by atoms with van der Waals surface area (Å²) in [6.07, 6.45) is -0.127. The smallest absolute Gasteiger partial charge is 0.252 e. The van der Waals surface area contributed by atoms with Crippen LogP contribution in [0.2, 0.25) is 0 Å². The van der Waals surface area contributed by atoms with Crippen LogP contribution in [0.5, 0.6) is 11.5 Å². The molecule has 3 aromatic carbocycles. The molecule has 172 valence electrons. The van der Waals surface area contributed by atoms with Crippen LogP contribution in [-0.4, -0.2) is 29.8 Å². The fourth-order valence-corrected chi connectivity index (χ4v) is 3.26. The first kappa shape index (κ1) is 22.5. The van der Waals surface area contributed by atoms with Gasteiger partial charge in [0.1, 0.15) is 17.5 Å². The fourth-order valence-electron chi connectivity index (χ4n) is 3.26. The van der Waals surface area contributed by atoms with E-state index in [2.05, 4.69) is 25.9 Å². The summed E-state index contributed by atoms with van der Waals surface area (Å²) in [6, 6.07) is 23.1. The van der Waals surface area contributed by atoms with E-state index in [1.54, 1.807) is 24.3 Å². The molecule has 2 amide bonds. The van der Waals surface area contributed by atoms with Crippen LogP contribution in [0.1, 0.15) is 12.0 Å². The van der Waals surface area contributed by atoms with Crippen LogP contribution in [0, 0.1) is 6.92 Å². The van der Waals surface area contributed by atoms with Crippen molar-refractivity contribution in [1.82, 2.24) is 5.32 Å². The van der Waals surface area contributed by atoms with Crippen LogP contribution in [0.15, 0.2) is 88.8 Å². The number of anilines is 2. The molecule has 3 aromatic rings. The van der Waals surface area contributed by atoms with Crippen LogP contribution in [-0.2, 0) is 9.59 Å². The number of guanidine groups is 2. The number of nitrogens with two attached hydrogens (primary N) is 1. The first-order valence-electron chi connectivity index (χ1n) is 10.6. The molecule has 0 aromatic heterocycles. The highest BCUT2D eigenvalue weighted by atomic mass is 16.5. The predicted molar refractivity (Wildman–Crippen MR) is 132 cm³/mol. The van der Waals surface area contributed by atoms with E-state index in [0.717, 1.165) is 17.0 Å². The highest BCUT2D eigenvalue weighted by molar-refractivity contribution is 6.11. The number of carbonyl (C=O) groups is 2. The largest absolute Gasteiger partial charge is 0.457 e. The van der Waals surface area contributed by atoms with E-state index in [9.17, 15) is 9.59 Å². The summed E-state index contributed by atoms with van der Waals surface area (Å²) < 4.78 is 5.74. The zero-order chi connectivity index (χ0) is 23.9. The number of hydrogen-bond donors (Lipinski definition) is 4. The summed E-state index contributed by atoms with van der Waals surface area (Å²) in [5, 5.41) is 8.23. The molecule has 0 fully saturated rings. The van der Waals surface area contributed by atoms with Gasteiger partial charge in [-0.2, -0.15) is 4.99 Å². The van der Waals surface area contributed by atoms with Gasteiger partial charge in [-0.25, -0.2) is 4.99 Å². The van der Waals surface area contributed by atoms with Crippen LogP contribution in [0.25, 0.3) is 0 Å². The lowest BCUT2D eigenvalue weighted by molar-refractivity contribution is -0.123. The molecule has 1 aliphatic heterocycles. The van der Waals surface area contributed by atoms with Crippen molar-refractivity contribution in [3.05, 3.63) is 84.4 Å². The van der Waals surface area contributed by atoms with Crippen molar-refractivity contribution in [2.75, 3.05) is 10.6 Å². The van der Waals surface area contributed by atoms with E-state index < -0.39 is 11.9 Å². The van der Waals surface area contributed by atoms with E-state index in [0.29, 0.717) is 11.4 Å². The number of benzene rings is 3. The van der Waals surface area contributed by atoms with Gasteiger partial charge in [0.15, 0.2) is 0 Å². The zero-order valence-electron chi connectivity index (χ0n) is 18.5. The minimum Gasteiger partial charge on any atom is -0.457 e. The highest BCUT2D eigenvalue weighted by Gasteiger charge is 2.28. The monoisotopic (exact) mass is 456 g/mol. The van der Waals surface area contributed by atoms with Gasteiger partial charge in [0.2, 0.25) is 17.8 Å². The van der Waals surface area contributed by atoms with Crippen molar-refractivity contribution in [1.29, 1.82) is 0 Å². The zero-order valence-corrected chi connectivity index (χ0v) is 18.5. The Morgan fingerprint density at radius 3 is 2.47 bits per heavy atom. The molecule has 1 atom stereocenters. The molecule has 9 nitrogen and oxygen atoms in total. The van der Waals surface area contributed by atoms with Crippen LogP contribution >= 0.6 is 0 Å². The number of ether oxygens (including phenoxy) is 1. The molecule has 1 unspecified atom stereocenters. The predicted octanol–water partition coefficient (Wildman–Crippen LogP) is 3.40. The number of aryl methyl sites for hydroxylation is 1. The third-order valence-corrected chi connectivity index (χ3v) is 4.83. The molecule has 9 heteroatoms. The second kappa shape index (κ2) is 10.3. The van der Waals surface area contributed by atoms with Gasteiger partial charge in [0.25, 0.3) is 5.91 Å². The molecule has 0 saturated carbocycles. The van der Waals surface area contributed by atoms with Gasteiger partial charge in [-0.15, -0.1) is 0 Å². The topological polar surface area (TPSA) is 130 Å². The minimum absolute atomic E-state index is 0.0582. The number of amides is 2. The summed E-state index contributed by atoms with van der Waals surface area (Å²) in [7, 11) is 0. The molecule has 0 saturated heterocycles. The fraction of sp³-hybridized carbons (Fsp3) is 0.120. The molecular weight excluding hydrogens is 432 g/mol. The maximum Gasteiger partial charge on any atom is 0.252 e. The maximum atomic E-state index is 12.4. The number of nitrogens with zero attached hydrogens (tertiary/aromatic N) is 2. The van der Waals surface area contributed by atoms with Crippen molar-refractivity contribution in [3.8, 4) is 11.5 Å². The lowest BCUT2D eigenvalue weighted by Gasteiger charge is -2.09. The Labute approximate surface area is 196 Å². The Balaban J connectivity index is 1.31. The first-order valence-corrected chi connectivity index (χ1v) is 10.6. The number of para-hydroxylation sites is 1. The quantitative estimate of drug-likeness (QED) is 0.334. The molecule has 0 aliphatic carbocycles. The Bertz CT molecular complexity index is 1240. The van der Waals surface area contributed by atoms with Crippen molar-refractivity contribution in [2.24, 2.45) is 15.7 Å². The Hall–Kier alpha value is -4.66. The number of rotatable bonds is 6. The molecular formula is C25H24N6O3. The maximum absolute atomic E-state index is 12.4. The van der Waals surface area contributed by atoms with E-state index in [-0.39, 0.29) is 24.2 Å². The van der Waals surface area contributed by atoms with Gasteiger partial charge in [-0.05, 0) is 61.0 Å². The number of hydrogen-bond acceptors (Lipinski definition) is 5. The standard InChI is InChI=1S/C25H24N6O3/c1-16-6-5-7-18(14-16)28-24(26)31-25-29-21(23(33)30-25)15-22(32)27-17-10-12-20(13-11-17)34-19-8-3-2-4-9-19/h2-14,21H,15H2,1H3,(H,27,32)(H4,26,28,29,30,31,33). The Morgan fingerprint density at radius 2 is 1.74 bits per heavy atom.